The van der Waals surface area contributed by atoms with E-state index in [1.165, 1.54) is 5.57 Å². The van der Waals surface area contributed by atoms with Gasteiger partial charge in [-0.25, -0.2) is 0 Å². The van der Waals surface area contributed by atoms with Crippen molar-refractivity contribution in [2.24, 2.45) is 5.92 Å². The van der Waals surface area contributed by atoms with Crippen LogP contribution in [0, 0.1) is 17.2 Å². The molecule has 0 aliphatic heterocycles. The second kappa shape index (κ2) is 5.37. The normalized spacial score (nSPS) is 12.9. The van der Waals surface area contributed by atoms with E-state index in [-0.39, 0.29) is 0 Å². The summed E-state index contributed by atoms with van der Waals surface area (Å²) < 4.78 is 0. The minimum atomic E-state index is 0.457. The molecule has 0 N–H and O–H groups in total. The van der Waals surface area contributed by atoms with Crippen molar-refractivity contribution in [1.82, 2.24) is 0 Å². The fourth-order valence-corrected chi connectivity index (χ4v) is 0.900. The molecule has 0 atom stereocenters. The molecule has 0 amide bonds. The van der Waals surface area contributed by atoms with E-state index in [1.807, 2.05) is 19.1 Å². The summed E-state index contributed by atoms with van der Waals surface area (Å²) in [5, 5.41) is 8.64. The van der Waals surface area contributed by atoms with Gasteiger partial charge in [0.1, 0.15) is 0 Å². The highest BCUT2D eigenvalue weighted by molar-refractivity contribution is 5.38. The van der Waals surface area contributed by atoms with Crippen molar-refractivity contribution < 1.29 is 0 Å². The lowest BCUT2D eigenvalue weighted by Gasteiger charge is -2.04. The number of allylic oxidation sites excluding steroid dienone is 5. The molecule has 1 nitrogen and oxygen atoms in total. The van der Waals surface area contributed by atoms with Crippen LogP contribution in [0.3, 0.4) is 0 Å². The van der Waals surface area contributed by atoms with E-state index in [2.05, 4.69) is 26.5 Å². The van der Waals surface area contributed by atoms with Gasteiger partial charge >= 0.3 is 0 Å². The van der Waals surface area contributed by atoms with Crippen LogP contribution in [-0.2, 0) is 0 Å². The van der Waals surface area contributed by atoms with Gasteiger partial charge in [0.15, 0.2) is 0 Å². The molecule has 0 fully saturated rings. The molecular formula is C11H15N. The van der Waals surface area contributed by atoms with Gasteiger partial charge in [0.25, 0.3) is 0 Å². The Morgan fingerprint density at radius 3 is 2.33 bits per heavy atom. The highest BCUT2D eigenvalue weighted by Crippen LogP contribution is 2.13. The lowest BCUT2D eigenvalue weighted by Crippen LogP contribution is -1.90. The van der Waals surface area contributed by atoms with Gasteiger partial charge in [0.05, 0.1) is 11.6 Å². The summed E-state index contributed by atoms with van der Waals surface area (Å²) in [6.07, 6.45) is 5.47. The molecular weight excluding hydrogens is 146 g/mol. The highest BCUT2D eigenvalue weighted by Gasteiger charge is 1.98. The summed E-state index contributed by atoms with van der Waals surface area (Å²) >= 11 is 0. The Hall–Kier alpha value is -1.29. The van der Waals surface area contributed by atoms with E-state index in [0.29, 0.717) is 11.5 Å². The Balaban J connectivity index is 4.71. The number of hydrogen-bond acceptors (Lipinski definition) is 1. The van der Waals surface area contributed by atoms with Crippen molar-refractivity contribution in [2.75, 3.05) is 0 Å². The third kappa shape index (κ3) is 3.21. The molecule has 12 heavy (non-hydrogen) atoms. The molecule has 0 bridgehead atoms. The van der Waals surface area contributed by atoms with Gasteiger partial charge < -0.3 is 0 Å². The summed E-state index contributed by atoms with van der Waals surface area (Å²) in [6, 6.07) is 2.07. The molecule has 0 aromatic rings. The lowest BCUT2D eigenvalue weighted by molar-refractivity contribution is 0.789. The first-order chi connectivity index (χ1) is 5.65. The molecule has 0 aromatic heterocycles. The summed E-state index contributed by atoms with van der Waals surface area (Å²) in [7, 11) is 0. The van der Waals surface area contributed by atoms with Gasteiger partial charge in [-0.3, -0.25) is 0 Å². The fraction of sp³-hybridized carbons (Fsp3) is 0.364. The molecule has 0 heterocycles. The monoisotopic (exact) mass is 161 g/mol. The lowest BCUT2D eigenvalue weighted by atomic mass is 10.0. The first-order valence-corrected chi connectivity index (χ1v) is 4.06. The predicted octanol–water partition coefficient (Wildman–Crippen LogP) is 3.22. The first kappa shape index (κ1) is 10.7. The third-order valence-electron chi connectivity index (χ3n) is 1.67. The van der Waals surface area contributed by atoms with E-state index in [4.69, 9.17) is 5.26 Å². The second-order valence-electron chi connectivity index (χ2n) is 2.86. The van der Waals surface area contributed by atoms with Crippen LogP contribution in [0.25, 0.3) is 0 Å². The fourth-order valence-electron chi connectivity index (χ4n) is 0.900. The zero-order chi connectivity index (χ0) is 9.56. The van der Waals surface area contributed by atoms with Gasteiger partial charge in [-0.1, -0.05) is 32.6 Å². The van der Waals surface area contributed by atoms with E-state index in [1.54, 1.807) is 6.08 Å². The molecule has 0 radical (unpaired) electrons. The Morgan fingerprint density at radius 1 is 1.50 bits per heavy atom. The molecule has 64 valence electrons. The van der Waals surface area contributed by atoms with Crippen molar-refractivity contribution in [3.05, 3.63) is 36.0 Å². The third-order valence-corrected chi connectivity index (χ3v) is 1.67. The quantitative estimate of drug-likeness (QED) is 0.460. The first-order valence-electron chi connectivity index (χ1n) is 4.06. The Bertz CT molecular complexity index is 249. The molecule has 0 saturated carbocycles. The summed E-state index contributed by atoms with van der Waals surface area (Å²) in [6.45, 7) is 9.74. The van der Waals surface area contributed by atoms with Crippen LogP contribution in [0.4, 0.5) is 0 Å². The zero-order valence-corrected chi connectivity index (χ0v) is 7.96. The molecule has 0 rings (SSSR count). The van der Waals surface area contributed by atoms with Crippen molar-refractivity contribution in [3.8, 4) is 6.07 Å². The summed E-state index contributed by atoms with van der Waals surface area (Å²) in [5.41, 5.74) is 1.79. The van der Waals surface area contributed by atoms with Crippen molar-refractivity contribution in [2.45, 2.75) is 20.8 Å². The molecule has 0 aliphatic rings. The van der Waals surface area contributed by atoms with Crippen LogP contribution in [0.2, 0.25) is 0 Å². The largest absolute Gasteiger partial charge is 0.192 e. The van der Waals surface area contributed by atoms with Gasteiger partial charge in [0.2, 0.25) is 0 Å². The van der Waals surface area contributed by atoms with Crippen LogP contribution in [0.5, 0.6) is 0 Å². The topological polar surface area (TPSA) is 23.8 Å². The minimum Gasteiger partial charge on any atom is -0.192 e. The molecule has 0 unspecified atom stereocenters. The maximum atomic E-state index is 8.64. The second-order valence-corrected chi connectivity index (χ2v) is 2.86. The average molecular weight is 161 g/mol. The summed E-state index contributed by atoms with van der Waals surface area (Å²) in [5.74, 6) is 0.457. The SMILES string of the molecule is C=C/C(C#N)=C\C(=C/C)C(C)C. The van der Waals surface area contributed by atoms with Gasteiger partial charge in [0, 0.05) is 0 Å². The standard InChI is InChI=1S/C11H15N/c1-5-10(8-12)7-11(6-2)9(3)4/h5-7,9H,1H2,2-4H3/b10-7+,11-6+. The van der Waals surface area contributed by atoms with Crippen LogP contribution in [0.15, 0.2) is 36.0 Å². The smallest absolute Gasteiger partial charge is 0.0991 e. The van der Waals surface area contributed by atoms with Crippen molar-refractivity contribution >= 4 is 0 Å². The molecule has 0 spiro atoms. The maximum absolute atomic E-state index is 8.64. The van der Waals surface area contributed by atoms with Gasteiger partial charge in [-0.2, -0.15) is 5.26 Å². The van der Waals surface area contributed by atoms with Crippen LogP contribution >= 0.6 is 0 Å². The van der Waals surface area contributed by atoms with E-state index >= 15 is 0 Å². The number of nitrogens with zero attached hydrogens (tertiary/aromatic N) is 1. The highest BCUT2D eigenvalue weighted by atomic mass is 14.2. The maximum Gasteiger partial charge on any atom is 0.0991 e. The Morgan fingerprint density at radius 2 is 2.08 bits per heavy atom. The Labute approximate surface area is 74.7 Å². The molecule has 0 aromatic carbocycles. The summed E-state index contributed by atoms with van der Waals surface area (Å²) in [4.78, 5) is 0. The van der Waals surface area contributed by atoms with E-state index < -0.39 is 0 Å². The van der Waals surface area contributed by atoms with E-state index in [0.717, 1.165) is 0 Å². The number of nitriles is 1. The van der Waals surface area contributed by atoms with Gasteiger partial charge in [-0.15, -0.1) is 0 Å². The van der Waals surface area contributed by atoms with Crippen molar-refractivity contribution in [1.29, 1.82) is 5.26 Å². The molecule has 1 heteroatoms. The van der Waals surface area contributed by atoms with Crippen LogP contribution < -0.4 is 0 Å². The number of rotatable bonds is 3. The van der Waals surface area contributed by atoms with Crippen molar-refractivity contribution in [3.63, 3.8) is 0 Å². The average Bonchev–Trinajstić information content (AvgIpc) is 2.06. The van der Waals surface area contributed by atoms with Gasteiger partial charge in [-0.05, 0) is 24.5 Å². The zero-order valence-electron chi connectivity index (χ0n) is 7.96. The van der Waals surface area contributed by atoms with Crippen LogP contribution in [-0.4, -0.2) is 0 Å². The predicted molar refractivity (Wildman–Crippen MR) is 52.5 cm³/mol. The molecule has 0 saturated heterocycles. The molecule has 0 aliphatic carbocycles. The Kier molecular flexibility index (Phi) is 4.79. The minimum absolute atomic E-state index is 0.457. The van der Waals surface area contributed by atoms with Crippen LogP contribution in [0.1, 0.15) is 20.8 Å². The van der Waals surface area contributed by atoms with E-state index in [9.17, 15) is 0 Å². The number of hydrogen-bond donors (Lipinski definition) is 0.